The molecule has 0 atom stereocenters. The smallest absolute Gasteiger partial charge is 0.309 e. The Morgan fingerprint density at radius 1 is 1.50 bits per heavy atom. The van der Waals surface area contributed by atoms with E-state index in [0.29, 0.717) is 10.9 Å². The van der Waals surface area contributed by atoms with Crippen LogP contribution in [0, 0.1) is 5.41 Å². The first-order valence-electron chi connectivity index (χ1n) is 4.15. The predicted octanol–water partition coefficient (Wildman–Crippen LogP) is 1.68. The third kappa shape index (κ3) is 2.99. The molecule has 0 bridgehead atoms. The topological polar surface area (TPSA) is 63.1 Å². The molecule has 1 N–H and O–H groups in total. The first-order valence-corrected chi connectivity index (χ1v) is 5.14. The molecule has 14 heavy (non-hydrogen) atoms. The van der Waals surface area contributed by atoms with Crippen molar-refractivity contribution in [1.82, 2.24) is 9.97 Å². The molecule has 0 saturated carbocycles. The van der Waals surface area contributed by atoms with Crippen LogP contribution in [0.25, 0.3) is 0 Å². The van der Waals surface area contributed by atoms with E-state index in [0.717, 1.165) is 0 Å². The second kappa shape index (κ2) is 4.41. The molecule has 76 valence electrons. The van der Waals surface area contributed by atoms with Gasteiger partial charge in [0.2, 0.25) is 0 Å². The molecular formula is C9H12N2O2S. The van der Waals surface area contributed by atoms with Gasteiger partial charge in [0.15, 0.2) is 5.16 Å². The van der Waals surface area contributed by atoms with E-state index in [2.05, 4.69) is 9.97 Å². The molecule has 0 aliphatic heterocycles. The highest BCUT2D eigenvalue weighted by molar-refractivity contribution is 7.99. The van der Waals surface area contributed by atoms with Gasteiger partial charge in [-0.25, -0.2) is 9.97 Å². The van der Waals surface area contributed by atoms with Crippen molar-refractivity contribution >= 4 is 17.7 Å². The summed E-state index contributed by atoms with van der Waals surface area (Å²) in [6, 6.07) is 1.73. The Hall–Kier alpha value is -1.10. The number of aromatic nitrogens is 2. The molecule has 4 nitrogen and oxygen atoms in total. The van der Waals surface area contributed by atoms with Gasteiger partial charge in [0.25, 0.3) is 0 Å². The SMILES string of the molecule is CC(C)(CSc1ncccn1)C(=O)O. The normalized spacial score (nSPS) is 11.3. The first-order chi connectivity index (χ1) is 6.52. The largest absolute Gasteiger partial charge is 0.481 e. The zero-order valence-electron chi connectivity index (χ0n) is 8.10. The summed E-state index contributed by atoms with van der Waals surface area (Å²) in [6.45, 7) is 3.37. The van der Waals surface area contributed by atoms with Crippen molar-refractivity contribution in [3.8, 4) is 0 Å². The van der Waals surface area contributed by atoms with Crippen LogP contribution >= 0.6 is 11.8 Å². The summed E-state index contributed by atoms with van der Waals surface area (Å²) in [6.07, 6.45) is 3.28. The van der Waals surface area contributed by atoms with Gasteiger partial charge >= 0.3 is 5.97 Å². The van der Waals surface area contributed by atoms with Crippen LogP contribution in [-0.4, -0.2) is 26.8 Å². The molecule has 1 aromatic heterocycles. The van der Waals surface area contributed by atoms with E-state index < -0.39 is 11.4 Å². The van der Waals surface area contributed by atoms with Gasteiger partial charge in [0.05, 0.1) is 5.41 Å². The number of hydrogen-bond acceptors (Lipinski definition) is 4. The Bertz CT molecular complexity index is 314. The molecule has 0 radical (unpaired) electrons. The quantitative estimate of drug-likeness (QED) is 0.607. The second-order valence-electron chi connectivity index (χ2n) is 3.51. The number of rotatable bonds is 4. The zero-order valence-corrected chi connectivity index (χ0v) is 8.91. The Kier molecular flexibility index (Phi) is 3.46. The monoisotopic (exact) mass is 212 g/mol. The van der Waals surface area contributed by atoms with Crippen molar-refractivity contribution in [2.45, 2.75) is 19.0 Å². The highest BCUT2D eigenvalue weighted by atomic mass is 32.2. The third-order valence-corrected chi connectivity index (χ3v) is 3.02. The summed E-state index contributed by atoms with van der Waals surface area (Å²) in [5.74, 6) is -0.340. The van der Waals surface area contributed by atoms with Crippen molar-refractivity contribution < 1.29 is 9.90 Å². The maximum atomic E-state index is 10.8. The van der Waals surface area contributed by atoms with Crippen LogP contribution in [-0.2, 0) is 4.79 Å². The minimum absolute atomic E-state index is 0.465. The first kappa shape index (κ1) is 11.0. The molecule has 0 aliphatic carbocycles. The number of thioether (sulfide) groups is 1. The fourth-order valence-corrected chi connectivity index (χ4v) is 1.55. The van der Waals surface area contributed by atoms with E-state index in [1.165, 1.54) is 11.8 Å². The van der Waals surface area contributed by atoms with Gasteiger partial charge in [-0.2, -0.15) is 0 Å². The van der Waals surface area contributed by atoms with Crippen molar-refractivity contribution in [2.24, 2.45) is 5.41 Å². The molecule has 0 aliphatic rings. The van der Waals surface area contributed by atoms with Crippen LogP contribution < -0.4 is 0 Å². The van der Waals surface area contributed by atoms with Gasteiger partial charge in [-0.3, -0.25) is 4.79 Å². The van der Waals surface area contributed by atoms with E-state index in [1.54, 1.807) is 32.3 Å². The van der Waals surface area contributed by atoms with E-state index >= 15 is 0 Å². The third-order valence-electron chi connectivity index (χ3n) is 1.68. The molecule has 0 aromatic carbocycles. The van der Waals surface area contributed by atoms with Crippen LogP contribution in [0.2, 0.25) is 0 Å². The highest BCUT2D eigenvalue weighted by Gasteiger charge is 2.27. The van der Waals surface area contributed by atoms with E-state index in [-0.39, 0.29) is 0 Å². The van der Waals surface area contributed by atoms with Crippen molar-refractivity contribution in [2.75, 3.05) is 5.75 Å². The standard InChI is InChI=1S/C9H12N2O2S/c1-9(2,7(12)13)6-14-8-10-4-3-5-11-8/h3-5H,6H2,1-2H3,(H,12,13). The number of carboxylic acid groups (broad SMARTS) is 1. The van der Waals surface area contributed by atoms with Gasteiger partial charge in [-0.15, -0.1) is 0 Å². The van der Waals surface area contributed by atoms with E-state index in [9.17, 15) is 4.79 Å². The molecule has 1 aromatic rings. The summed E-state index contributed by atoms with van der Waals surface area (Å²) in [7, 11) is 0. The maximum Gasteiger partial charge on any atom is 0.309 e. The van der Waals surface area contributed by atoms with E-state index in [1.807, 2.05) is 0 Å². The summed E-state index contributed by atoms with van der Waals surface area (Å²) < 4.78 is 0. The van der Waals surface area contributed by atoms with Gasteiger partial charge in [-0.05, 0) is 19.9 Å². The lowest BCUT2D eigenvalue weighted by Crippen LogP contribution is -2.26. The number of carboxylic acids is 1. The molecule has 0 saturated heterocycles. The van der Waals surface area contributed by atoms with Crippen LogP contribution in [0.15, 0.2) is 23.6 Å². The van der Waals surface area contributed by atoms with Gasteiger partial charge in [-0.1, -0.05) is 11.8 Å². The average Bonchev–Trinajstić information content (AvgIpc) is 2.16. The fraction of sp³-hybridized carbons (Fsp3) is 0.444. The number of hydrogen-bond donors (Lipinski definition) is 1. The zero-order chi connectivity index (χ0) is 10.6. The number of carbonyl (C=O) groups is 1. The molecular weight excluding hydrogens is 200 g/mol. The Labute approximate surface area is 86.8 Å². The lowest BCUT2D eigenvalue weighted by molar-refractivity contribution is -0.145. The molecule has 5 heteroatoms. The van der Waals surface area contributed by atoms with Crippen LogP contribution in [0.1, 0.15) is 13.8 Å². The highest BCUT2D eigenvalue weighted by Crippen LogP contribution is 2.25. The molecule has 0 fully saturated rings. The minimum atomic E-state index is -0.805. The number of aliphatic carboxylic acids is 1. The lowest BCUT2D eigenvalue weighted by atomic mass is 9.97. The van der Waals surface area contributed by atoms with Crippen molar-refractivity contribution in [3.05, 3.63) is 18.5 Å². The van der Waals surface area contributed by atoms with Gasteiger partial charge in [0.1, 0.15) is 0 Å². The van der Waals surface area contributed by atoms with Gasteiger partial charge in [0, 0.05) is 18.1 Å². The Morgan fingerprint density at radius 3 is 2.57 bits per heavy atom. The second-order valence-corrected chi connectivity index (χ2v) is 4.45. The summed E-state index contributed by atoms with van der Waals surface area (Å²) >= 11 is 1.35. The molecule has 1 rings (SSSR count). The van der Waals surface area contributed by atoms with Crippen LogP contribution in [0.3, 0.4) is 0 Å². The fourth-order valence-electron chi connectivity index (χ4n) is 0.667. The summed E-state index contributed by atoms with van der Waals surface area (Å²) in [5, 5.41) is 9.48. The summed E-state index contributed by atoms with van der Waals surface area (Å²) in [5.41, 5.74) is -0.746. The Morgan fingerprint density at radius 2 is 2.07 bits per heavy atom. The van der Waals surface area contributed by atoms with Crippen LogP contribution in [0.4, 0.5) is 0 Å². The van der Waals surface area contributed by atoms with Crippen molar-refractivity contribution in [1.29, 1.82) is 0 Å². The maximum absolute atomic E-state index is 10.8. The Balaban J connectivity index is 2.53. The molecule has 0 spiro atoms. The molecule has 1 heterocycles. The summed E-state index contributed by atoms with van der Waals surface area (Å²) in [4.78, 5) is 18.8. The average molecular weight is 212 g/mol. The van der Waals surface area contributed by atoms with Crippen LogP contribution in [0.5, 0.6) is 0 Å². The van der Waals surface area contributed by atoms with Gasteiger partial charge < -0.3 is 5.11 Å². The predicted molar refractivity (Wildman–Crippen MR) is 54.2 cm³/mol. The van der Waals surface area contributed by atoms with E-state index in [4.69, 9.17) is 5.11 Å². The van der Waals surface area contributed by atoms with Crippen molar-refractivity contribution in [3.63, 3.8) is 0 Å². The lowest BCUT2D eigenvalue weighted by Gasteiger charge is -2.17. The molecule has 0 unspecified atom stereocenters. The minimum Gasteiger partial charge on any atom is -0.481 e. The number of nitrogens with zero attached hydrogens (tertiary/aromatic N) is 2. The molecule has 0 amide bonds.